The molecule has 1 heterocycles. The van der Waals surface area contributed by atoms with Crippen molar-refractivity contribution >= 4 is 11.9 Å². The van der Waals surface area contributed by atoms with Crippen LogP contribution < -0.4 is 10.6 Å². The van der Waals surface area contributed by atoms with Crippen molar-refractivity contribution in [3.63, 3.8) is 0 Å². The number of carboxylic acids is 1. The van der Waals surface area contributed by atoms with Crippen molar-refractivity contribution in [1.29, 1.82) is 0 Å². The van der Waals surface area contributed by atoms with Crippen LogP contribution >= 0.6 is 0 Å². The van der Waals surface area contributed by atoms with Gasteiger partial charge in [-0.15, -0.1) is 0 Å². The lowest BCUT2D eigenvalue weighted by molar-refractivity contribution is -0.137. The highest BCUT2D eigenvalue weighted by Gasteiger charge is 2.15. The molecule has 0 spiro atoms. The van der Waals surface area contributed by atoms with E-state index in [4.69, 9.17) is 9.84 Å². The maximum absolute atomic E-state index is 11.5. The Hall–Kier alpha value is -1.14. The second-order valence-electron chi connectivity index (χ2n) is 4.13. The molecule has 6 nitrogen and oxygen atoms in total. The van der Waals surface area contributed by atoms with Crippen LogP contribution in [0, 0.1) is 0 Å². The molecule has 0 aromatic carbocycles. The highest BCUT2D eigenvalue weighted by atomic mass is 16.5. The van der Waals surface area contributed by atoms with Gasteiger partial charge in [0.15, 0.2) is 0 Å². The molecule has 98 valence electrons. The van der Waals surface area contributed by atoms with E-state index in [1.54, 1.807) is 0 Å². The van der Waals surface area contributed by atoms with Crippen LogP contribution in [0.1, 0.15) is 25.7 Å². The van der Waals surface area contributed by atoms with Crippen molar-refractivity contribution in [2.75, 3.05) is 26.3 Å². The lowest BCUT2D eigenvalue weighted by Crippen LogP contribution is -2.43. The molecule has 0 unspecified atom stereocenters. The van der Waals surface area contributed by atoms with Crippen LogP contribution in [-0.2, 0) is 14.3 Å². The Morgan fingerprint density at radius 2 is 2.00 bits per heavy atom. The lowest BCUT2D eigenvalue weighted by atomic mass is 10.1. The van der Waals surface area contributed by atoms with E-state index in [0.29, 0.717) is 26.2 Å². The number of ether oxygens (including phenoxy) is 1. The van der Waals surface area contributed by atoms with Crippen molar-refractivity contribution in [3.05, 3.63) is 0 Å². The van der Waals surface area contributed by atoms with Gasteiger partial charge in [-0.25, -0.2) is 0 Å². The quantitative estimate of drug-likeness (QED) is 0.537. The minimum atomic E-state index is -0.807. The van der Waals surface area contributed by atoms with Crippen LogP contribution in [0.2, 0.25) is 0 Å². The Balaban J connectivity index is 1.98. The standard InChI is InChI=1S/C11H20N2O4/c14-10(8-12-5-1-2-11(15)16)13-9-3-6-17-7-4-9/h9,12H,1-8H2,(H,13,14)(H,15,16). The fraction of sp³-hybridized carbons (Fsp3) is 0.818. The van der Waals surface area contributed by atoms with Crippen molar-refractivity contribution in [2.45, 2.75) is 31.7 Å². The average molecular weight is 244 g/mol. The monoisotopic (exact) mass is 244 g/mol. The second-order valence-corrected chi connectivity index (χ2v) is 4.13. The zero-order valence-corrected chi connectivity index (χ0v) is 9.91. The first-order valence-corrected chi connectivity index (χ1v) is 5.98. The van der Waals surface area contributed by atoms with Crippen LogP contribution in [0.15, 0.2) is 0 Å². The summed E-state index contributed by atoms with van der Waals surface area (Å²) in [6, 6.07) is 0.220. The number of rotatable bonds is 7. The zero-order valence-electron chi connectivity index (χ0n) is 9.91. The molecule has 1 aliphatic heterocycles. The molecule has 0 saturated carbocycles. The number of carboxylic acid groups (broad SMARTS) is 1. The summed E-state index contributed by atoms with van der Waals surface area (Å²) in [4.78, 5) is 21.7. The van der Waals surface area contributed by atoms with E-state index in [2.05, 4.69) is 10.6 Å². The predicted octanol–water partition coefficient (Wildman–Crippen LogP) is -0.264. The first-order valence-electron chi connectivity index (χ1n) is 5.98. The fourth-order valence-electron chi connectivity index (χ4n) is 1.69. The maximum Gasteiger partial charge on any atom is 0.303 e. The molecule has 1 amide bonds. The Morgan fingerprint density at radius 1 is 1.29 bits per heavy atom. The molecule has 1 saturated heterocycles. The average Bonchev–Trinajstić information content (AvgIpc) is 2.29. The summed E-state index contributed by atoms with van der Waals surface area (Å²) in [5.41, 5.74) is 0. The molecule has 1 fully saturated rings. The number of amides is 1. The minimum Gasteiger partial charge on any atom is -0.481 e. The van der Waals surface area contributed by atoms with E-state index in [1.165, 1.54) is 0 Å². The number of nitrogens with one attached hydrogen (secondary N) is 2. The molecule has 1 rings (SSSR count). The number of hydrogen-bond donors (Lipinski definition) is 3. The molecular formula is C11H20N2O4. The number of carbonyl (C=O) groups excluding carboxylic acids is 1. The van der Waals surface area contributed by atoms with Gasteiger partial charge >= 0.3 is 5.97 Å². The normalized spacial score (nSPS) is 16.7. The van der Waals surface area contributed by atoms with Gasteiger partial charge in [-0.3, -0.25) is 9.59 Å². The van der Waals surface area contributed by atoms with E-state index in [1.807, 2.05) is 0 Å². The first-order chi connectivity index (χ1) is 8.18. The Labute approximate surface area is 101 Å². The fourth-order valence-corrected chi connectivity index (χ4v) is 1.69. The van der Waals surface area contributed by atoms with Gasteiger partial charge in [-0.1, -0.05) is 0 Å². The molecule has 0 atom stereocenters. The lowest BCUT2D eigenvalue weighted by Gasteiger charge is -2.23. The van der Waals surface area contributed by atoms with E-state index in [-0.39, 0.29) is 24.9 Å². The van der Waals surface area contributed by atoms with Crippen LogP contribution in [0.5, 0.6) is 0 Å². The van der Waals surface area contributed by atoms with Crippen molar-refractivity contribution < 1.29 is 19.4 Å². The molecule has 0 aromatic rings. The van der Waals surface area contributed by atoms with Gasteiger partial charge in [0.1, 0.15) is 0 Å². The van der Waals surface area contributed by atoms with Gasteiger partial charge in [0.2, 0.25) is 5.91 Å². The van der Waals surface area contributed by atoms with Crippen molar-refractivity contribution in [2.24, 2.45) is 0 Å². The van der Waals surface area contributed by atoms with Gasteiger partial charge < -0.3 is 20.5 Å². The summed E-state index contributed by atoms with van der Waals surface area (Å²) in [6.07, 6.45) is 2.41. The summed E-state index contributed by atoms with van der Waals surface area (Å²) >= 11 is 0. The van der Waals surface area contributed by atoms with Crippen molar-refractivity contribution in [1.82, 2.24) is 10.6 Å². The summed E-state index contributed by atoms with van der Waals surface area (Å²) in [5, 5.41) is 14.3. The molecule has 0 radical (unpaired) electrons. The number of hydrogen-bond acceptors (Lipinski definition) is 4. The van der Waals surface area contributed by atoms with Gasteiger partial charge in [-0.2, -0.15) is 0 Å². The molecular weight excluding hydrogens is 224 g/mol. The highest BCUT2D eigenvalue weighted by Crippen LogP contribution is 2.05. The molecule has 6 heteroatoms. The zero-order chi connectivity index (χ0) is 12.5. The second kappa shape index (κ2) is 8.03. The SMILES string of the molecule is O=C(O)CCCNCC(=O)NC1CCOCC1. The van der Waals surface area contributed by atoms with E-state index in [9.17, 15) is 9.59 Å². The Morgan fingerprint density at radius 3 is 2.65 bits per heavy atom. The van der Waals surface area contributed by atoms with E-state index < -0.39 is 5.97 Å². The summed E-state index contributed by atoms with van der Waals surface area (Å²) in [5.74, 6) is -0.842. The molecule has 0 bridgehead atoms. The Bertz CT molecular complexity index is 252. The van der Waals surface area contributed by atoms with Gasteiger partial charge in [0.25, 0.3) is 0 Å². The third-order valence-corrected chi connectivity index (χ3v) is 2.62. The van der Waals surface area contributed by atoms with Crippen LogP contribution in [0.3, 0.4) is 0 Å². The number of aliphatic carboxylic acids is 1. The summed E-state index contributed by atoms with van der Waals surface area (Å²) in [6.45, 7) is 2.21. The molecule has 0 aromatic heterocycles. The molecule has 1 aliphatic rings. The first kappa shape index (κ1) is 13.9. The summed E-state index contributed by atoms with van der Waals surface area (Å²) in [7, 11) is 0. The number of carbonyl (C=O) groups is 2. The van der Waals surface area contributed by atoms with Gasteiger partial charge in [0, 0.05) is 25.7 Å². The molecule has 3 N–H and O–H groups in total. The topological polar surface area (TPSA) is 87.7 Å². The highest BCUT2D eigenvalue weighted by molar-refractivity contribution is 5.78. The molecule has 0 aliphatic carbocycles. The van der Waals surface area contributed by atoms with Gasteiger partial charge in [-0.05, 0) is 25.8 Å². The Kier molecular flexibility index (Phi) is 6.57. The van der Waals surface area contributed by atoms with E-state index in [0.717, 1.165) is 12.8 Å². The van der Waals surface area contributed by atoms with Gasteiger partial charge in [0.05, 0.1) is 6.54 Å². The third kappa shape index (κ3) is 6.91. The summed E-state index contributed by atoms with van der Waals surface area (Å²) < 4.78 is 5.19. The largest absolute Gasteiger partial charge is 0.481 e. The van der Waals surface area contributed by atoms with Crippen molar-refractivity contribution in [3.8, 4) is 0 Å². The van der Waals surface area contributed by atoms with E-state index >= 15 is 0 Å². The van der Waals surface area contributed by atoms with Crippen LogP contribution in [0.4, 0.5) is 0 Å². The molecule has 17 heavy (non-hydrogen) atoms. The maximum atomic E-state index is 11.5. The van der Waals surface area contributed by atoms with Crippen LogP contribution in [0.25, 0.3) is 0 Å². The van der Waals surface area contributed by atoms with Crippen LogP contribution in [-0.4, -0.2) is 49.3 Å². The third-order valence-electron chi connectivity index (χ3n) is 2.62. The smallest absolute Gasteiger partial charge is 0.303 e. The minimum absolute atomic E-state index is 0.0350. The predicted molar refractivity (Wildman–Crippen MR) is 61.7 cm³/mol.